The van der Waals surface area contributed by atoms with Gasteiger partial charge in [0.2, 0.25) is 5.89 Å². The number of halogens is 5. The van der Waals surface area contributed by atoms with Gasteiger partial charge in [0, 0.05) is 24.2 Å². The van der Waals surface area contributed by atoms with Crippen molar-refractivity contribution in [3.05, 3.63) is 109 Å². The second-order valence-electron chi connectivity index (χ2n) is 8.60. The van der Waals surface area contributed by atoms with E-state index in [-0.39, 0.29) is 39.0 Å². The molecule has 0 aliphatic carbocycles. The van der Waals surface area contributed by atoms with Gasteiger partial charge in [-0.1, -0.05) is 35.3 Å². The number of aryl methyl sites for hydroxylation is 2. The van der Waals surface area contributed by atoms with Crippen LogP contribution in [0.4, 0.5) is 13.2 Å². The Morgan fingerprint density at radius 2 is 1.61 bits per heavy atom. The van der Waals surface area contributed by atoms with Crippen molar-refractivity contribution in [1.82, 2.24) is 24.7 Å². The van der Waals surface area contributed by atoms with Crippen LogP contribution in [0.1, 0.15) is 17.1 Å². The van der Waals surface area contributed by atoms with Crippen molar-refractivity contribution in [2.45, 2.75) is 20.0 Å². The van der Waals surface area contributed by atoms with E-state index in [4.69, 9.17) is 32.0 Å². The zero-order valence-electron chi connectivity index (χ0n) is 21.0. The maximum atomic E-state index is 13.3. The zero-order valence-corrected chi connectivity index (χ0v) is 22.5. The van der Waals surface area contributed by atoms with Crippen molar-refractivity contribution in [2.24, 2.45) is 0 Å². The quantitative estimate of drug-likeness (QED) is 0.219. The van der Waals surface area contributed by atoms with E-state index in [0.29, 0.717) is 33.4 Å². The molecule has 0 amide bonds. The molecule has 6 aromatic rings. The minimum atomic E-state index is -4.75. The number of aromatic nitrogens is 5. The van der Waals surface area contributed by atoms with Gasteiger partial charge in [-0.2, -0.15) is 18.3 Å². The minimum absolute atomic E-state index is 0.0525. The smallest absolute Gasteiger partial charge is 0.408 e. The van der Waals surface area contributed by atoms with Crippen molar-refractivity contribution in [3.63, 3.8) is 0 Å². The lowest BCUT2D eigenvalue weighted by atomic mass is 10.1. The van der Waals surface area contributed by atoms with Gasteiger partial charge in [-0.25, -0.2) is 29.2 Å². The monoisotopic (exact) mass is 601 g/mol. The molecule has 41 heavy (non-hydrogen) atoms. The maximum absolute atomic E-state index is 13.3. The van der Waals surface area contributed by atoms with Gasteiger partial charge in [-0.15, -0.1) is 0 Å². The maximum Gasteiger partial charge on any atom is 0.435 e. The third-order valence-electron chi connectivity index (χ3n) is 5.69. The Morgan fingerprint density at radius 3 is 2.34 bits per heavy atom. The van der Waals surface area contributed by atoms with Crippen LogP contribution in [0.3, 0.4) is 0 Å². The number of pyridine rings is 1. The molecule has 0 aliphatic rings. The summed E-state index contributed by atoms with van der Waals surface area (Å²) in [7, 11) is 0. The Morgan fingerprint density at radius 1 is 0.878 bits per heavy atom. The number of para-hydroxylation sites is 1. The van der Waals surface area contributed by atoms with Crippen LogP contribution >= 0.6 is 23.2 Å². The summed E-state index contributed by atoms with van der Waals surface area (Å²) in [4.78, 5) is 35.9. The Bertz CT molecular complexity index is 2050. The number of rotatable bonds is 2. The van der Waals surface area contributed by atoms with E-state index in [1.54, 1.807) is 38.1 Å². The van der Waals surface area contributed by atoms with Gasteiger partial charge in [0.15, 0.2) is 17.4 Å². The van der Waals surface area contributed by atoms with Crippen molar-refractivity contribution in [3.8, 4) is 17.4 Å². The number of alkyl halides is 3. The lowest BCUT2D eigenvalue weighted by Crippen LogP contribution is -2.09. The van der Waals surface area contributed by atoms with Crippen molar-refractivity contribution >= 4 is 45.0 Å². The molecule has 0 radical (unpaired) electrons. The number of nitrogens with zero attached hydrogens (tertiary/aromatic N) is 5. The van der Waals surface area contributed by atoms with E-state index >= 15 is 0 Å². The van der Waals surface area contributed by atoms with Crippen LogP contribution in [0.2, 0.25) is 10.0 Å². The number of hydrogen-bond donors (Lipinski definition) is 0. The van der Waals surface area contributed by atoms with Gasteiger partial charge in [0.05, 0.1) is 26.8 Å². The zero-order chi connectivity index (χ0) is 29.5. The molecule has 14 heteroatoms. The average molecular weight is 602 g/mol. The van der Waals surface area contributed by atoms with E-state index in [1.807, 2.05) is 6.07 Å². The Kier molecular flexibility index (Phi) is 7.37. The molecule has 2 aromatic carbocycles. The Hall–Kier alpha value is -4.55. The van der Waals surface area contributed by atoms with Crippen LogP contribution < -0.4 is 11.3 Å². The predicted octanol–water partition coefficient (Wildman–Crippen LogP) is 6.57. The van der Waals surface area contributed by atoms with E-state index in [9.17, 15) is 22.8 Å². The Balaban J connectivity index is 0.000000234. The first-order chi connectivity index (χ1) is 19.4. The van der Waals surface area contributed by atoms with E-state index < -0.39 is 17.5 Å². The first-order valence-electron chi connectivity index (χ1n) is 11.7. The summed E-state index contributed by atoms with van der Waals surface area (Å²) in [6.07, 6.45) is -3.40. The molecule has 0 fully saturated rings. The molecule has 0 atom stereocenters. The highest BCUT2D eigenvalue weighted by molar-refractivity contribution is 6.32. The highest BCUT2D eigenvalue weighted by Gasteiger charge is 2.36. The minimum Gasteiger partial charge on any atom is -0.408 e. The van der Waals surface area contributed by atoms with Gasteiger partial charge in [0.25, 0.3) is 0 Å². The predicted molar refractivity (Wildman–Crippen MR) is 145 cm³/mol. The van der Waals surface area contributed by atoms with Crippen molar-refractivity contribution in [2.75, 3.05) is 0 Å². The van der Waals surface area contributed by atoms with Gasteiger partial charge in [-0.05, 0) is 48.9 Å². The van der Waals surface area contributed by atoms with Crippen LogP contribution in [0.15, 0.2) is 79.2 Å². The van der Waals surface area contributed by atoms with Crippen LogP contribution in [0.5, 0.6) is 0 Å². The summed E-state index contributed by atoms with van der Waals surface area (Å²) in [5.41, 5.74) is -1.08. The SMILES string of the molecule is Cc1cc(Cl)cc2c(=O)oc(-c3cc(C(F)(F)F)nn3-c3ncccc3Cl)nc12.Cc1nc2ccccc2c(=O)o1. The summed E-state index contributed by atoms with van der Waals surface area (Å²) in [6.45, 7) is 3.33. The fourth-order valence-corrected chi connectivity index (χ4v) is 4.38. The van der Waals surface area contributed by atoms with Gasteiger partial charge < -0.3 is 8.83 Å². The van der Waals surface area contributed by atoms with E-state index in [2.05, 4.69) is 20.1 Å². The molecule has 0 saturated carbocycles. The van der Waals surface area contributed by atoms with Gasteiger partial charge >= 0.3 is 17.4 Å². The lowest BCUT2D eigenvalue weighted by Gasteiger charge is -2.08. The third-order valence-corrected chi connectivity index (χ3v) is 6.20. The average Bonchev–Trinajstić information content (AvgIpc) is 3.36. The summed E-state index contributed by atoms with van der Waals surface area (Å²) in [5, 5.41) is 4.55. The van der Waals surface area contributed by atoms with E-state index in [0.717, 1.165) is 4.68 Å². The topological polar surface area (TPSA) is 117 Å². The molecule has 0 spiro atoms. The van der Waals surface area contributed by atoms with Crippen LogP contribution in [0.25, 0.3) is 39.2 Å². The largest absolute Gasteiger partial charge is 0.435 e. The van der Waals surface area contributed by atoms with Gasteiger partial charge in [-0.3, -0.25) is 0 Å². The molecule has 0 bridgehead atoms. The fourth-order valence-electron chi connectivity index (χ4n) is 3.91. The second kappa shape index (κ2) is 10.8. The molecule has 4 aromatic heterocycles. The summed E-state index contributed by atoms with van der Waals surface area (Å²) < 4.78 is 50.7. The highest BCUT2D eigenvalue weighted by atomic mass is 35.5. The van der Waals surface area contributed by atoms with Crippen LogP contribution in [-0.4, -0.2) is 24.7 Å². The van der Waals surface area contributed by atoms with E-state index in [1.165, 1.54) is 24.4 Å². The molecule has 0 N–H and O–H groups in total. The standard InChI is InChI=1S/C18H9Cl2F3N4O2.C9H7NO2/c1-8-5-9(19)6-10-14(8)25-16(29-17(10)28)12-7-13(18(21,22)23)26-27(12)15-11(20)3-2-4-24-15;1-6-10-8-5-3-2-4-7(8)9(11)12-6/h2-7H,1H3;2-5H,1H3. The van der Waals surface area contributed by atoms with Crippen LogP contribution in [-0.2, 0) is 6.18 Å². The van der Waals surface area contributed by atoms with Crippen molar-refractivity contribution < 1.29 is 22.0 Å². The first-order valence-corrected chi connectivity index (χ1v) is 12.4. The molecule has 0 aliphatic heterocycles. The highest BCUT2D eigenvalue weighted by Crippen LogP contribution is 2.34. The molecule has 9 nitrogen and oxygen atoms in total. The molecule has 208 valence electrons. The number of hydrogen-bond acceptors (Lipinski definition) is 8. The first kappa shape index (κ1) is 28.0. The molecule has 6 rings (SSSR count). The molecule has 4 heterocycles. The van der Waals surface area contributed by atoms with Crippen molar-refractivity contribution in [1.29, 1.82) is 0 Å². The Labute approximate surface area is 237 Å². The van der Waals surface area contributed by atoms with Gasteiger partial charge in [0.1, 0.15) is 5.69 Å². The molecule has 0 unspecified atom stereocenters. The molecular weight excluding hydrogens is 586 g/mol. The lowest BCUT2D eigenvalue weighted by molar-refractivity contribution is -0.141. The summed E-state index contributed by atoms with van der Waals surface area (Å²) in [6, 6.07) is 13.7. The summed E-state index contributed by atoms with van der Waals surface area (Å²) in [5.74, 6) is -0.0339. The van der Waals surface area contributed by atoms with Crippen LogP contribution in [0, 0.1) is 13.8 Å². The second-order valence-corrected chi connectivity index (χ2v) is 9.44. The number of benzene rings is 2. The molecular formula is C27H16Cl2F3N5O4. The fraction of sp³-hybridized carbons (Fsp3) is 0.111. The summed E-state index contributed by atoms with van der Waals surface area (Å²) >= 11 is 12.0. The number of fused-ring (bicyclic) bond motifs is 2. The molecule has 0 saturated heterocycles. The normalized spacial score (nSPS) is 11.5. The third kappa shape index (κ3) is 5.70.